The summed E-state index contributed by atoms with van der Waals surface area (Å²) < 4.78 is 11.0. The van der Waals surface area contributed by atoms with E-state index in [9.17, 15) is 24.9 Å². The fourth-order valence-electron chi connectivity index (χ4n) is 4.29. The summed E-state index contributed by atoms with van der Waals surface area (Å²) in [5.41, 5.74) is -1.20. The van der Waals surface area contributed by atoms with Crippen LogP contribution in [0.4, 0.5) is 4.79 Å². The number of rotatable bonds is 10. The Hall–Kier alpha value is -2.78. The van der Waals surface area contributed by atoms with Crippen LogP contribution < -0.4 is 0 Å². The lowest BCUT2D eigenvalue weighted by atomic mass is 9.83. The van der Waals surface area contributed by atoms with E-state index < -0.39 is 47.4 Å². The van der Waals surface area contributed by atoms with Crippen molar-refractivity contribution >= 4 is 12.0 Å². The zero-order valence-corrected chi connectivity index (χ0v) is 20.6. The van der Waals surface area contributed by atoms with Gasteiger partial charge in [-0.1, -0.05) is 67.6 Å². The maximum absolute atomic E-state index is 13.4. The van der Waals surface area contributed by atoms with Gasteiger partial charge in [0.2, 0.25) is 5.91 Å². The number of imide groups is 1. The average molecular weight is 486 g/mol. The molecule has 2 aromatic rings. The molecule has 2 amide bonds. The number of cyclic esters (lactones) is 1. The summed E-state index contributed by atoms with van der Waals surface area (Å²) in [4.78, 5) is 27.1. The fourth-order valence-corrected chi connectivity index (χ4v) is 4.29. The van der Waals surface area contributed by atoms with E-state index in [1.54, 1.807) is 13.8 Å². The Kier molecular flexibility index (Phi) is 8.33. The molecule has 0 spiro atoms. The molecule has 190 valence electrons. The first-order valence-electron chi connectivity index (χ1n) is 11.7. The Morgan fingerprint density at radius 3 is 2.20 bits per heavy atom. The summed E-state index contributed by atoms with van der Waals surface area (Å²) in [6.07, 6.45) is -3.57. The minimum atomic E-state index is -2.07. The van der Waals surface area contributed by atoms with Gasteiger partial charge in [0.05, 0.1) is 31.3 Å². The van der Waals surface area contributed by atoms with E-state index in [4.69, 9.17) is 9.47 Å². The predicted molar refractivity (Wildman–Crippen MR) is 129 cm³/mol. The SMILES string of the molecule is C[C@H](C(=O)N1C(=O)OC(C)(C)[C@@H]1Cc1ccccc1)[C@H](O)[C@](C)(O)[C@@H](O)COCc1ccccc1. The van der Waals surface area contributed by atoms with E-state index in [1.807, 2.05) is 60.7 Å². The van der Waals surface area contributed by atoms with Gasteiger partial charge in [0.1, 0.15) is 17.3 Å². The molecule has 0 aliphatic carbocycles. The minimum Gasteiger partial charge on any atom is -0.441 e. The molecule has 0 bridgehead atoms. The maximum atomic E-state index is 13.4. The van der Waals surface area contributed by atoms with Crippen molar-refractivity contribution in [2.45, 2.75) is 70.2 Å². The lowest BCUT2D eigenvalue weighted by Crippen LogP contribution is -2.58. The second-order valence-corrected chi connectivity index (χ2v) is 9.86. The molecule has 1 heterocycles. The van der Waals surface area contributed by atoms with Crippen molar-refractivity contribution in [3.05, 3.63) is 71.8 Å². The molecule has 35 heavy (non-hydrogen) atoms. The normalized spacial score (nSPS) is 21.6. The highest BCUT2D eigenvalue weighted by Crippen LogP contribution is 2.34. The Balaban J connectivity index is 1.69. The maximum Gasteiger partial charge on any atom is 0.417 e. The van der Waals surface area contributed by atoms with Crippen molar-refractivity contribution in [3.8, 4) is 0 Å². The topological polar surface area (TPSA) is 117 Å². The van der Waals surface area contributed by atoms with Crippen molar-refractivity contribution in [1.29, 1.82) is 0 Å². The molecule has 8 heteroatoms. The second kappa shape index (κ2) is 10.9. The number of aliphatic hydroxyl groups is 3. The summed E-state index contributed by atoms with van der Waals surface area (Å²) in [7, 11) is 0. The number of hydrogen-bond donors (Lipinski definition) is 3. The van der Waals surface area contributed by atoms with Crippen LogP contribution in [-0.4, -0.2) is 68.3 Å². The molecule has 2 aromatic carbocycles. The summed E-state index contributed by atoms with van der Waals surface area (Å²) in [5.74, 6) is -1.89. The van der Waals surface area contributed by atoms with Crippen LogP contribution in [0.3, 0.4) is 0 Å². The number of amides is 2. The van der Waals surface area contributed by atoms with Crippen molar-refractivity contribution in [3.63, 3.8) is 0 Å². The summed E-state index contributed by atoms with van der Waals surface area (Å²) >= 11 is 0. The third kappa shape index (κ3) is 6.08. The smallest absolute Gasteiger partial charge is 0.417 e. The highest BCUT2D eigenvalue weighted by molar-refractivity contribution is 5.95. The number of benzene rings is 2. The number of carbonyl (C=O) groups is 2. The molecule has 5 atom stereocenters. The molecule has 0 saturated carbocycles. The quantitative estimate of drug-likeness (QED) is 0.474. The van der Waals surface area contributed by atoms with Gasteiger partial charge < -0.3 is 24.8 Å². The lowest BCUT2D eigenvalue weighted by Gasteiger charge is -2.37. The van der Waals surface area contributed by atoms with Crippen molar-refractivity contribution < 1.29 is 34.4 Å². The van der Waals surface area contributed by atoms with Gasteiger partial charge in [0.15, 0.2) is 0 Å². The van der Waals surface area contributed by atoms with Gasteiger partial charge in [-0.3, -0.25) is 4.79 Å². The van der Waals surface area contributed by atoms with Crippen molar-refractivity contribution in [2.75, 3.05) is 6.61 Å². The number of hydrogen-bond acceptors (Lipinski definition) is 7. The van der Waals surface area contributed by atoms with Crippen LogP contribution in [0.5, 0.6) is 0 Å². The van der Waals surface area contributed by atoms with Gasteiger partial charge in [-0.05, 0) is 38.3 Å². The van der Waals surface area contributed by atoms with E-state index >= 15 is 0 Å². The monoisotopic (exact) mass is 485 g/mol. The standard InChI is InChI=1S/C27H35NO7/c1-18(23(30)27(4,33)22(29)17-34-16-20-13-9-6-10-14-20)24(31)28-21(26(2,3)35-25(28)32)15-19-11-7-5-8-12-19/h5-14,18,21-23,29-30,33H,15-17H2,1-4H3/t18-,21-,22-,23-,27+/m0/s1. The molecule has 3 N–H and O–H groups in total. The number of aliphatic hydroxyl groups excluding tert-OH is 2. The molecular weight excluding hydrogens is 450 g/mol. The van der Waals surface area contributed by atoms with E-state index in [0.717, 1.165) is 16.0 Å². The Morgan fingerprint density at radius 1 is 1.09 bits per heavy atom. The van der Waals surface area contributed by atoms with Crippen LogP contribution >= 0.6 is 0 Å². The van der Waals surface area contributed by atoms with Crippen LogP contribution in [0.1, 0.15) is 38.8 Å². The largest absolute Gasteiger partial charge is 0.441 e. The molecule has 3 rings (SSSR count). The van der Waals surface area contributed by atoms with Gasteiger partial charge in [-0.2, -0.15) is 0 Å². The van der Waals surface area contributed by atoms with Crippen LogP contribution in [0.2, 0.25) is 0 Å². The molecule has 1 aliphatic rings. The van der Waals surface area contributed by atoms with Crippen LogP contribution in [-0.2, 0) is 27.3 Å². The molecule has 0 aromatic heterocycles. The highest BCUT2D eigenvalue weighted by atomic mass is 16.6. The summed E-state index contributed by atoms with van der Waals surface area (Å²) in [5, 5.41) is 32.4. The first-order chi connectivity index (χ1) is 16.4. The van der Waals surface area contributed by atoms with Gasteiger partial charge in [0.25, 0.3) is 0 Å². The molecule has 8 nitrogen and oxygen atoms in total. The zero-order chi connectivity index (χ0) is 25.8. The Morgan fingerprint density at radius 2 is 1.63 bits per heavy atom. The molecular formula is C27H35NO7. The van der Waals surface area contributed by atoms with E-state index in [1.165, 1.54) is 13.8 Å². The lowest BCUT2D eigenvalue weighted by molar-refractivity contribution is -0.175. The number of ether oxygens (including phenoxy) is 2. The van der Waals surface area contributed by atoms with Crippen LogP contribution in [0, 0.1) is 5.92 Å². The van der Waals surface area contributed by atoms with Crippen LogP contribution in [0.15, 0.2) is 60.7 Å². The molecule has 1 fully saturated rings. The number of nitrogens with zero attached hydrogens (tertiary/aromatic N) is 1. The number of carbonyl (C=O) groups excluding carboxylic acids is 2. The van der Waals surface area contributed by atoms with Crippen molar-refractivity contribution in [1.82, 2.24) is 4.90 Å². The minimum absolute atomic E-state index is 0.217. The Bertz CT molecular complexity index is 993. The van der Waals surface area contributed by atoms with Crippen molar-refractivity contribution in [2.24, 2.45) is 5.92 Å². The van der Waals surface area contributed by atoms with Crippen LogP contribution in [0.25, 0.3) is 0 Å². The highest BCUT2D eigenvalue weighted by Gasteiger charge is 2.53. The third-order valence-corrected chi connectivity index (χ3v) is 6.69. The van der Waals surface area contributed by atoms with E-state index in [-0.39, 0.29) is 13.2 Å². The molecule has 0 unspecified atom stereocenters. The molecule has 1 aliphatic heterocycles. The second-order valence-electron chi connectivity index (χ2n) is 9.86. The van der Waals surface area contributed by atoms with Gasteiger partial charge in [-0.25, -0.2) is 9.69 Å². The van der Waals surface area contributed by atoms with Gasteiger partial charge in [0, 0.05) is 0 Å². The zero-order valence-electron chi connectivity index (χ0n) is 20.6. The first-order valence-corrected chi connectivity index (χ1v) is 11.7. The fraction of sp³-hybridized carbons (Fsp3) is 0.481. The Labute approximate surface area is 206 Å². The molecule has 1 saturated heterocycles. The van der Waals surface area contributed by atoms with E-state index in [0.29, 0.717) is 6.42 Å². The van der Waals surface area contributed by atoms with E-state index in [2.05, 4.69) is 0 Å². The van der Waals surface area contributed by atoms with Gasteiger partial charge in [-0.15, -0.1) is 0 Å². The molecule has 0 radical (unpaired) electrons. The first kappa shape index (κ1) is 26.8. The van der Waals surface area contributed by atoms with Gasteiger partial charge >= 0.3 is 6.09 Å². The summed E-state index contributed by atoms with van der Waals surface area (Å²) in [6.45, 7) is 6.08. The predicted octanol–water partition coefficient (Wildman–Crippen LogP) is 2.68. The summed E-state index contributed by atoms with van der Waals surface area (Å²) in [6, 6.07) is 18.1. The average Bonchev–Trinajstić information content (AvgIpc) is 3.06. The third-order valence-electron chi connectivity index (χ3n) is 6.69.